The molecule has 0 aliphatic carbocycles. The third-order valence-electron chi connectivity index (χ3n) is 5.70. The Labute approximate surface area is 206 Å². The van der Waals surface area contributed by atoms with Crippen LogP contribution in [-0.2, 0) is 25.5 Å². The van der Waals surface area contributed by atoms with Gasteiger partial charge >= 0.3 is 11.9 Å². The van der Waals surface area contributed by atoms with Crippen molar-refractivity contribution in [2.45, 2.75) is 36.5 Å². The van der Waals surface area contributed by atoms with E-state index in [4.69, 9.17) is 32.3 Å². The number of nitrogen functional groups attached to an aromatic ring is 1. The minimum Gasteiger partial charge on any atom is -0.479 e. The van der Waals surface area contributed by atoms with Crippen LogP contribution < -0.4 is 5.73 Å². The fourth-order valence-corrected chi connectivity index (χ4v) is 4.07. The average Bonchev–Trinajstić information content (AvgIpc) is 3.38. The van der Waals surface area contributed by atoms with Crippen molar-refractivity contribution in [3.63, 3.8) is 0 Å². The molecule has 5 N–H and O–H groups in total. The number of ether oxygens (including phenoxy) is 2. The highest BCUT2D eigenvalue weighted by Gasteiger charge is 2.51. The molecule has 3 aromatic rings. The number of fused-ring (bicyclic) bond motifs is 1. The molecule has 16 heteroatoms. The van der Waals surface area contributed by atoms with Gasteiger partial charge in [0.2, 0.25) is 5.28 Å². The average molecular weight is 519 g/mol. The summed E-state index contributed by atoms with van der Waals surface area (Å²) >= 11 is 5.89. The number of benzene rings is 1. The quantitative estimate of drug-likeness (QED) is 0.103. The highest BCUT2D eigenvalue weighted by atomic mass is 35.5. The molecule has 4 rings (SSSR count). The molecule has 1 aliphatic heterocycles. The van der Waals surface area contributed by atoms with Crippen molar-refractivity contribution >= 4 is 40.5 Å². The number of aliphatic hydroxyl groups is 1. The van der Waals surface area contributed by atoms with E-state index in [1.165, 1.54) is 10.9 Å². The molecule has 0 amide bonds. The summed E-state index contributed by atoms with van der Waals surface area (Å²) in [6.07, 6.45) is -3.20. The fraction of sp³-hybridized carbons (Fsp3) is 0.350. The van der Waals surface area contributed by atoms with Gasteiger partial charge in [0, 0.05) is 11.3 Å². The maximum Gasteiger partial charge on any atom is 0.348 e. The molecule has 1 unspecified atom stereocenters. The summed E-state index contributed by atoms with van der Waals surface area (Å²) in [6.45, 7) is -0.662. The monoisotopic (exact) mass is 518 g/mol. The van der Waals surface area contributed by atoms with Gasteiger partial charge in [-0.3, -0.25) is 4.57 Å². The SMILES string of the molecule is [N-]=[N+]=NC1[C@H](n2cnc3c(N)nc(Cl)nc32)O[C@H](COC(Cc2ccccc2)(C(=O)O)C(=O)O)[C@H]1O. The number of hydrogen-bond donors (Lipinski definition) is 4. The first-order valence-corrected chi connectivity index (χ1v) is 10.7. The molecular weight excluding hydrogens is 500 g/mol. The summed E-state index contributed by atoms with van der Waals surface area (Å²) in [5.41, 5.74) is 12.9. The van der Waals surface area contributed by atoms with E-state index in [0.717, 1.165) is 0 Å². The van der Waals surface area contributed by atoms with Crippen LogP contribution in [0.2, 0.25) is 5.28 Å². The number of carboxylic acid groups (broad SMARTS) is 2. The fourth-order valence-electron chi connectivity index (χ4n) is 3.90. The van der Waals surface area contributed by atoms with E-state index >= 15 is 0 Å². The number of anilines is 1. The van der Waals surface area contributed by atoms with Gasteiger partial charge < -0.3 is 30.5 Å². The number of azide groups is 1. The molecule has 15 nitrogen and oxygen atoms in total. The van der Waals surface area contributed by atoms with Crippen LogP contribution in [0.1, 0.15) is 11.8 Å². The minimum atomic E-state index is -2.67. The number of aliphatic hydroxyl groups excluding tert-OH is 1. The van der Waals surface area contributed by atoms with Crippen molar-refractivity contribution in [3.05, 3.63) is 57.9 Å². The van der Waals surface area contributed by atoms with Crippen LogP contribution >= 0.6 is 11.6 Å². The zero-order chi connectivity index (χ0) is 26.0. The number of halogens is 1. The third kappa shape index (κ3) is 4.48. The molecule has 1 saturated heterocycles. The van der Waals surface area contributed by atoms with Crippen LogP contribution in [0.15, 0.2) is 41.8 Å². The van der Waals surface area contributed by atoms with Gasteiger partial charge in [-0.1, -0.05) is 35.4 Å². The Kier molecular flexibility index (Phi) is 6.92. The highest BCUT2D eigenvalue weighted by Crippen LogP contribution is 2.35. The Morgan fingerprint density at radius 1 is 1.28 bits per heavy atom. The van der Waals surface area contributed by atoms with E-state index in [9.17, 15) is 24.9 Å². The van der Waals surface area contributed by atoms with Gasteiger partial charge in [-0.2, -0.15) is 9.97 Å². The number of imidazole rings is 1. The topological polar surface area (TPSA) is 232 Å². The number of aromatic nitrogens is 4. The lowest BCUT2D eigenvalue weighted by Gasteiger charge is -2.27. The Morgan fingerprint density at radius 3 is 2.61 bits per heavy atom. The van der Waals surface area contributed by atoms with E-state index < -0.39 is 55.0 Å². The zero-order valence-corrected chi connectivity index (χ0v) is 19.0. The molecule has 4 atom stereocenters. The molecule has 1 aromatic carbocycles. The van der Waals surface area contributed by atoms with E-state index in [1.54, 1.807) is 30.3 Å². The summed E-state index contributed by atoms with van der Waals surface area (Å²) in [4.78, 5) is 38.8. The standard InChI is InChI=1S/C20H19ClN8O7/c21-19-25-14(22)12-15(26-19)29(8-24-12)16-11(27-28-23)13(30)10(36-16)7-35-20(17(31)32,18(33)34)6-9-4-2-1-3-5-9/h1-5,8,10-11,13,16,30H,6-7H2,(H,31,32)(H,33,34)(H2,22,25,26)/t10-,11?,13-,16-/m1/s1. The Balaban J connectivity index is 1.63. The first-order chi connectivity index (χ1) is 17.2. The highest BCUT2D eigenvalue weighted by molar-refractivity contribution is 6.28. The van der Waals surface area contributed by atoms with Gasteiger partial charge in [0.25, 0.3) is 5.60 Å². The van der Waals surface area contributed by atoms with Gasteiger partial charge in [-0.15, -0.1) is 0 Å². The minimum absolute atomic E-state index is 0.0175. The van der Waals surface area contributed by atoms with Crippen LogP contribution in [-0.4, -0.2) is 77.2 Å². The Hall–Kier alpha value is -4.01. The lowest BCUT2D eigenvalue weighted by atomic mass is 9.94. The maximum atomic E-state index is 12.1. The molecular formula is C20H19ClN8O7. The first-order valence-electron chi connectivity index (χ1n) is 10.4. The second-order valence-electron chi connectivity index (χ2n) is 7.86. The van der Waals surface area contributed by atoms with E-state index in [2.05, 4.69) is 25.0 Å². The van der Waals surface area contributed by atoms with Crippen molar-refractivity contribution in [3.8, 4) is 0 Å². The summed E-state index contributed by atoms with van der Waals surface area (Å²) in [6, 6.07) is 6.82. The summed E-state index contributed by atoms with van der Waals surface area (Å²) in [5.74, 6) is -3.50. The van der Waals surface area contributed by atoms with Gasteiger partial charge in [-0.05, 0) is 22.7 Å². The van der Waals surface area contributed by atoms with Crippen molar-refractivity contribution in [2.24, 2.45) is 5.11 Å². The van der Waals surface area contributed by atoms with Crippen molar-refractivity contribution in [1.82, 2.24) is 19.5 Å². The van der Waals surface area contributed by atoms with Gasteiger partial charge in [-0.25, -0.2) is 14.6 Å². The maximum absolute atomic E-state index is 12.1. The Morgan fingerprint density at radius 2 is 1.97 bits per heavy atom. The van der Waals surface area contributed by atoms with Crippen LogP contribution in [0.4, 0.5) is 5.82 Å². The number of carboxylic acids is 2. The largest absolute Gasteiger partial charge is 0.479 e. The Bertz CT molecular complexity index is 1330. The number of nitrogens with two attached hydrogens (primary N) is 1. The van der Waals surface area contributed by atoms with Crippen molar-refractivity contribution in [1.29, 1.82) is 0 Å². The predicted octanol–water partition coefficient (Wildman–Crippen LogP) is 1.17. The van der Waals surface area contributed by atoms with E-state index in [0.29, 0.717) is 5.56 Å². The number of hydrogen-bond acceptors (Lipinski definition) is 10. The second-order valence-corrected chi connectivity index (χ2v) is 8.20. The molecule has 0 spiro atoms. The molecule has 3 heterocycles. The van der Waals surface area contributed by atoms with Crippen LogP contribution in [0.25, 0.3) is 21.6 Å². The molecule has 1 fully saturated rings. The molecule has 36 heavy (non-hydrogen) atoms. The van der Waals surface area contributed by atoms with Gasteiger partial charge in [0.15, 0.2) is 11.5 Å². The normalized spacial score (nSPS) is 21.8. The lowest BCUT2D eigenvalue weighted by Crippen LogP contribution is -2.52. The lowest BCUT2D eigenvalue weighted by molar-refractivity contribution is -0.190. The smallest absolute Gasteiger partial charge is 0.348 e. The number of aliphatic carboxylic acids is 2. The molecule has 2 aromatic heterocycles. The summed E-state index contributed by atoms with van der Waals surface area (Å²) in [7, 11) is 0. The van der Waals surface area contributed by atoms with Crippen LogP contribution in [0.5, 0.6) is 0 Å². The third-order valence-corrected chi connectivity index (χ3v) is 5.87. The molecule has 188 valence electrons. The van der Waals surface area contributed by atoms with Crippen molar-refractivity contribution in [2.75, 3.05) is 12.3 Å². The van der Waals surface area contributed by atoms with Gasteiger partial charge in [0.05, 0.1) is 19.0 Å². The molecule has 0 saturated carbocycles. The van der Waals surface area contributed by atoms with E-state index in [1.807, 2.05) is 0 Å². The van der Waals surface area contributed by atoms with Crippen LogP contribution in [0, 0.1) is 0 Å². The molecule has 0 bridgehead atoms. The molecule has 0 radical (unpaired) electrons. The zero-order valence-electron chi connectivity index (χ0n) is 18.2. The van der Waals surface area contributed by atoms with Gasteiger partial charge in [0.1, 0.15) is 23.9 Å². The van der Waals surface area contributed by atoms with E-state index in [-0.39, 0.29) is 22.3 Å². The number of rotatable bonds is 9. The number of carbonyl (C=O) groups is 2. The summed E-state index contributed by atoms with van der Waals surface area (Å²) < 4.78 is 12.6. The van der Waals surface area contributed by atoms with Crippen molar-refractivity contribution < 1.29 is 34.4 Å². The second kappa shape index (κ2) is 9.93. The predicted molar refractivity (Wildman–Crippen MR) is 122 cm³/mol. The summed E-state index contributed by atoms with van der Waals surface area (Å²) in [5, 5.41) is 33.8. The number of nitrogens with zero attached hydrogens (tertiary/aromatic N) is 7. The van der Waals surface area contributed by atoms with Crippen LogP contribution in [0.3, 0.4) is 0 Å². The molecule has 1 aliphatic rings. The first kappa shape index (κ1) is 25.1.